The summed E-state index contributed by atoms with van der Waals surface area (Å²) in [5.41, 5.74) is 4.56. The van der Waals surface area contributed by atoms with E-state index in [1.807, 2.05) is 36.4 Å². The van der Waals surface area contributed by atoms with E-state index in [0.29, 0.717) is 5.95 Å². The molecule has 104 valence electrons. The molecule has 1 aromatic carbocycles. The van der Waals surface area contributed by atoms with Gasteiger partial charge in [0.2, 0.25) is 0 Å². The number of aromatic nitrogens is 3. The number of nitrogens with zero attached hydrogens (tertiary/aromatic N) is 4. The molecule has 1 N–H and O–H groups in total. The second kappa shape index (κ2) is 6.23. The lowest BCUT2D eigenvalue weighted by Crippen LogP contribution is -1.99. The van der Waals surface area contributed by atoms with Gasteiger partial charge in [-0.05, 0) is 19.1 Å². The Kier molecular flexibility index (Phi) is 3.97. The minimum Gasteiger partial charge on any atom is -0.244 e. The third kappa shape index (κ3) is 3.49. The van der Waals surface area contributed by atoms with Gasteiger partial charge in [0.25, 0.3) is 5.95 Å². The molecule has 0 saturated carbocycles. The maximum atomic E-state index is 4.38. The average Bonchev–Trinajstić information content (AvgIpc) is 2.94. The first-order valence-corrected chi connectivity index (χ1v) is 7.23. The minimum atomic E-state index is 0.376. The van der Waals surface area contributed by atoms with E-state index in [1.54, 1.807) is 23.7 Å². The normalized spacial score (nSPS) is 10.9. The summed E-state index contributed by atoms with van der Waals surface area (Å²) in [6, 6.07) is 13.9. The van der Waals surface area contributed by atoms with Gasteiger partial charge in [-0.1, -0.05) is 30.3 Å². The second-order valence-electron chi connectivity index (χ2n) is 4.35. The molecule has 0 spiro atoms. The van der Waals surface area contributed by atoms with Crippen LogP contribution in [0.1, 0.15) is 9.75 Å². The van der Waals surface area contributed by atoms with Crippen LogP contribution in [0.15, 0.2) is 53.8 Å². The fraction of sp³-hybridized carbons (Fsp3) is 0.0667. The van der Waals surface area contributed by atoms with Crippen molar-refractivity contribution in [3.8, 4) is 11.3 Å². The number of hydrazone groups is 1. The van der Waals surface area contributed by atoms with Crippen LogP contribution in [0.2, 0.25) is 0 Å². The van der Waals surface area contributed by atoms with Crippen LogP contribution in [-0.2, 0) is 0 Å². The summed E-state index contributed by atoms with van der Waals surface area (Å²) in [5, 5.41) is 12.0. The Labute approximate surface area is 126 Å². The number of rotatable bonds is 4. The standard InChI is InChI=1S/C15H13N5S/c1-11-7-8-13(21-11)9-16-19-15-18-14(10-17-20-15)12-5-3-2-4-6-12/h2-10H,1H3,(H,18,19,20)/b16-9+. The molecular weight excluding hydrogens is 282 g/mol. The van der Waals surface area contributed by atoms with Gasteiger partial charge < -0.3 is 0 Å². The van der Waals surface area contributed by atoms with Crippen LogP contribution < -0.4 is 5.43 Å². The van der Waals surface area contributed by atoms with Gasteiger partial charge in [0.15, 0.2) is 0 Å². The number of thiophene rings is 1. The third-order valence-electron chi connectivity index (χ3n) is 2.75. The van der Waals surface area contributed by atoms with E-state index >= 15 is 0 Å². The zero-order chi connectivity index (χ0) is 14.5. The maximum absolute atomic E-state index is 4.38. The number of anilines is 1. The quantitative estimate of drug-likeness (QED) is 0.592. The van der Waals surface area contributed by atoms with Crippen LogP contribution in [0, 0.1) is 6.92 Å². The molecule has 0 saturated heterocycles. The fourth-order valence-electron chi connectivity index (χ4n) is 1.78. The van der Waals surface area contributed by atoms with E-state index < -0.39 is 0 Å². The van der Waals surface area contributed by atoms with Gasteiger partial charge in [0, 0.05) is 15.3 Å². The topological polar surface area (TPSA) is 63.1 Å². The molecule has 6 heteroatoms. The Bertz CT molecular complexity index is 752. The Balaban J connectivity index is 1.73. The third-order valence-corrected chi connectivity index (χ3v) is 3.68. The number of hydrogen-bond acceptors (Lipinski definition) is 6. The highest BCUT2D eigenvalue weighted by atomic mass is 32.1. The lowest BCUT2D eigenvalue weighted by Gasteiger charge is -2.01. The van der Waals surface area contributed by atoms with E-state index in [9.17, 15) is 0 Å². The molecule has 0 bridgehead atoms. The smallest absolute Gasteiger partial charge is 0.244 e. The Morgan fingerprint density at radius 2 is 2.00 bits per heavy atom. The molecule has 0 atom stereocenters. The minimum absolute atomic E-state index is 0.376. The largest absolute Gasteiger partial charge is 0.263 e. The van der Waals surface area contributed by atoms with Crippen LogP contribution in [0.25, 0.3) is 11.3 Å². The first-order chi connectivity index (χ1) is 10.3. The van der Waals surface area contributed by atoms with Gasteiger partial charge in [0.05, 0.1) is 18.1 Å². The summed E-state index contributed by atoms with van der Waals surface area (Å²) in [7, 11) is 0. The van der Waals surface area contributed by atoms with Crippen molar-refractivity contribution in [1.82, 2.24) is 15.2 Å². The van der Waals surface area contributed by atoms with Crippen LogP contribution in [-0.4, -0.2) is 21.4 Å². The molecule has 3 aromatic rings. The van der Waals surface area contributed by atoms with Crippen molar-refractivity contribution in [3.63, 3.8) is 0 Å². The number of hydrogen-bond donors (Lipinski definition) is 1. The SMILES string of the molecule is Cc1ccc(/C=N/Nc2nncc(-c3ccccc3)n2)s1. The molecule has 0 aliphatic rings. The number of aryl methyl sites for hydroxylation is 1. The van der Waals surface area contributed by atoms with Gasteiger partial charge in [-0.3, -0.25) is 0 Å². The molecule has 3 rings (SSSR count). The van der Waals surface area contributed by atoms with E-state index in [0.717, 1.165) is 16.1 Å². The first kappa shape index (κ1) is 13.4. The molecule has 0 unspecified atom stereocenters. The number of nitrogens with one attached hydrogen (secondary N) is 1. The van der Waals surface area contributed by atoms with Crippen molar-refractivity contribution in [2.75, 3.05) is 5.43 Å². The molecule has 0 aliphatic carbocycles. The molecular formula is C15H13N5S. The average molecular weight is 295 g/mol. The zero-order valence-corrected chi connectivity index (χ0v) is 12.2. The summed E-state index contributed by atoms with van der Waals surface area (Å²) in [6.07, 6.45) is 3.38. The molecule has 0 aliphatic heterocycles. The molecule has 5 nitrogen and oxygen atoms in total. The Morgan fingerprint density at radius 3 is 2.76 bits per heavy atom. The predicted octanol–water partition coefficient (Wildman–Crippen LogP) is 3.35. The van der Waals surface area contributed by atoms with Crippen LogP contribution >= 0.6 is 11.3 Å². The fourth-order valence-corrected chi connectivity index (χ4v) is 2.52. The van der Waals surface area contributed by atoms with Crippen molar-refractivity contribution in [3.05, 3.63) is 58.4 Å². The van der Waals surface area contributed by atoms with E-state index in [1.165, 1.54) is 4.88 Å². The molecule has 0 amide bonds. The van der Waals surface area contributed by atoms with Crippen LogP contribution in [0.4, 0.5) is 5.95 Å². The van der Waals surface area contributed by atoms with Crippen molar-refractivity contribution in [1.29, 1.82) is 0 Å². The van der Waals surface area contributed by atoms with Gasteiger partial charge in [-0.2, -0.15) is 10.2 Å². The lowest BCUT2D eigenvalue weighted by atomic mass is 10.2. The van der Waals surface area contributed by atoms with Crippen LogP contribution in [0.3, 0.4) is 0 Å². The van der Waals surface area contributed by atoms with Gasteiger partial charge >= 0.3 is 0 Å². The molecule has 0 radical (unpaired) electrons. The first-order valence-electron chi connectivity index (χ1n) is 6.42. The Hall–Kier alpha value is -2.60. The highest BCUT2D eigenvalue weighted by Crippen LogP contribution is 2.16. The lowest BCUT2D eigenvalue weighted by molar-refractivity contribution is 0.967. The monoisotopic (exact) mass is 295 g/mol. The molecule has 0 fully saturated rings. The maximum Gasteiger partial charge on any atom is 0.263 e. The Morgan fingerprint density at radius 1 is 1.14 bits per heavy atom. The summed E-state index contributed by atoms with van der Waals surface area (Å²) in [5.74, 6) is 0.376. The van der Waals surface area contributed by atoms with E-state index in [2.05, 4.69) is 38.7 Å². The van der Waals surface area contributed by atoms with Crippen molar-refractivity contribution < 1.29 is 0 Å². The van der Waals surface area contributed by atoms with E-state index in [4.69, 9.17) is 0 Å². The van der Waals surface area contributed by atoms with Gasteiger partial charge in [0.1, 0.15) is 0 Å². The number of benzene rings is 1. The zero-order valence-electron chi connectivity index (χ0n) is 11.4. The van der Waals surface area contributed by atoms with Crippen LogP contribution in [0.5, 0.6) is 0 Å². The molecule has 21 heavy (non-hydrogen) atoms. The molecule has 2 aromatic heterocycles. The summed E-state index contributed by atoms with van der Waals surface area (Å²) < 4.78 is 0. The summed E-state index contributed by atoms with van der Waals surface area (Å²) in [6.45, 7) is 2.06. The summed E-state index contributed by atoms with van der Waals surface area (Å²) >= 11 is 1.68. The second-order valence-corrected chi connectivity index (χ2v) is 5.67. The predicted molar refractivity (Wildman–Crippen MR) is 85.5 cm³/mol. The van der Waals surface area contributed by atoms with Crippen molar-refractivity contribution in [2.24, 2.45) is 5.10 Å². The van der Waals surface area contributed by atoms with Crippen molar-refractivity contribution in [2.45, 2.75) is 6.92 Å². The summed E-state index contributed by atoms with van der Waals surface area (Å²) in [4.78, 5) is 6.71. The highest BCUT2D eigenvalue weighted by Gasteiger charge is 2.01. The van der Waals surface area contributed by atoms with Gasteiger partial charge in [-0.15, -0.1) is 16.4 Å². The molecule has 2 heterocycles. The van der Waals surface area contributed by atoms with Gasteiger partial charge in [-0.25, -0.2) is 10.4 Å². The van der Waals surface area contributed by atoms with E-state index in [-0.39, 0.29) is 0 Å². The highest BCUT2D eigenvalue weighted by molar-refractivity contribution is 7.13. The van der Waals surface area contributed by atoms with Crippen molar-refractivity contribution >= 4 is 23.5 Å².